The van der Waals surface area contributed by atoms with Gasteiger partial charge in [0.1, 0.15) is 0 Å². The lowest BCUT2D eigenvalue weighted by molar-refractivity contribution is 0.221. The number of halogens is 1. The Morgan fingerprint density at radius 3 is 2.74 bits per heavy atom. The van der Waals surface area contributed by atoms with E-state index in [2.05, 4.69) is 22.6 Å². The van der Waals surface area contributed by atoms with Crippen LogP contribution in [-0.4, -0.2) is 37.1 Å². The number of carbonyl (C=O) groups is 1. The first-order valence-corrected chi connectivity index (χ1v) is 6.95. The molecule has 1 fully saturated rings. The largest absolute Gasteiger partial charge is 0.335 e. The molecule has 0 aromatic heterocycles. The van der Waals surface area contributed by atoms with Crippen LogP contribution < -0.4 is 10.6 Å². The molecule has 1 heterocycles. The second-order valence-corrected chi connectivity index (χ2v) is 5.50. The van der Waals surface area contributed by atoms with Crippen LogP contribution in [-0.2, 0) is 0 Å². The average molecular weight is 282 g/mol. The number of rotatable bonds is 2. The zero-order chi connectivity index (χ0) is 13.8. The summed E-state index contributed by atoms with van der Waals surface area (Å²) in [5.74, 6) is 0. The number of benzene rings is 1. The van der Waals surface area contributed by atoms with Crippen molar-refractivity contribution in [2.24, 2.45) is 0 Å². The molecule has 1 aliphatic heterocycles. The Kier molecular flexibility index (Phi) is 4.66. The van der Waals surface area contributed by atoms with Crippen molar-refractivity contribution in [3.05, 3.63) is 28.8 Å². The molecule has 0 aliphatic carbocycles. The molecule has 0 bridgehead atoms. The molecule has 19 heavy (non-hydrogen) atoms. The third-order valence-electron chi connectivity index (χ3n) is 3.57. The van der Waals surface area contributed by atoms with Crippen molar-refractivity contribution < 1.29 is 4.79 Å². The second-order valence-electron chi connectivity index (χ2n) is 5.09. The van der Waals surface area contributed by atoms with Gasteiger partial charge in [-0.15, -0.1) is 0 Å². The van der Waals surface area contributed by atoms with Crippen molar-refractivity contribution in [1.29, 1.82) is 0 Å². The quantitative estimate of drug-likeness (QED) is 0.875. The number of hydrogen-bond acceptors (Lipinski definition) is 2. The number of carbonyl (C=O) groups excluding carboxylic acids is 1. The lowest BCUT2D eigenvalue weighted by Crippen LogP contribution is -2.44. The van der Waals surface area contributed by atoms with E-state index in [-0.39, 0.29) is 12.1 Å². The molecule has 0 unspecified atom stereocenters. The Morgan fingerprint density at radius 2 is 2.05 bits per heavy atom. The molecule has 2 N–H and O–H groups in total. The number of likely N-dealkylation sites (tertiary alicyclic amines) is 1. The molecule has 0 saturated carbocycles. The lowest BCUT2D eigenvalue weighted by atomic mass is 10.1. The summed E-state index contributed by atoms with van der Waals surface area (Å²) in [5, 5.41) is 6.54. The third kappa shape index (κ3) is 3.85. The highest BCUT2D eigenvalue weighted by atomic mass is 35.5. The Morgan fingerprint density at radius 1 is 1.37 bits per heavy atom. The predicted octanol–water partition coefficient (Wildman–Crippen LogP) is 2.86. The zero-order valence-corrected chi connectivity index (χ0v) is 12.1. The van der Waals surface area contributed by atoms with Gasteiger partial charge in [0, 0.05) is 16.8 Å². The van der Waals surface area contributed by atoms with Crippen molar-refractivity contribution in [3.8, 4) is 0 Å². The highest BCUT2D eigenvalue weighted by molar-refractivity contribution is 6.31. The van der Waals surface area contributed by atoms with Crippen molar-refractivity contribution in [1.82, 2.24) is 10.2 Å². The van der Waals surface area contributed by atoms with Crippen LogP contribution in [0, 0.1) is 6.92 Å². The van der Waals surface area contributed by atoms with Crippen LogP contribution in [0.5, 0.6) is 0 Å². The number of urea groups is 1. The molecule has 104 valence electrons. The minimum Gasteiger partial charge on any atom is -0.335 e. The Balaban J connectivity index is 1.89. The number of anilines is 1. The van der Waals surface area contributed by atoms with E-state index >= 15 is 0 Å². The maximum absolute atomic E-state index is 11.9. The minimum absolute atomic E-state index is 0.153. The fourth-order valence-corrected chi connectivity index (χ4v) is 2.41. The van der Waals surface area contributed by atoms with Crippen LogP contribution in [0.4, 0.5) is 10.5 Å². The summed E-state index contributed by atoms with van der Waals surface area (Å²) in [6.07, 6.45) is 2.00. The van der Waals surface area contributed by atoms with Crippen molar-refractivity contribution >= 4 is 23.3 Å². The van der Waals surface area contributed by atoms with E-state index < -0.39 is 0 Å². The van der Waals surface area contributed by atoms with Crippen molar-refractivity contribution in [2.45, 2.75) is 25.8 Å². The number of amides is 2. The predicted molar refractivity (Wildman–Crippen MR) is 78.9 cm³/mol. The Labute approximate surface area is 119 Å². The van der Waals surface area contributed by atoms with Crippen LogP contribution in [0.3, 0.4) is 0 Å². The first-order valence-electron chi connectivity index (χ1n) is 6.57. The molecule has 1 aliphatic rings. The molecule has 0 spiro atoms. The van der Waals surface area contributed by atoms with Gasteiger partial charge in [0.05, 0.1) is 0 Å². The summed E-state index contributed by atoms with van der Waals surface area (Å²) >= 11 is 6.03. The molecule has 2 amide bonds. The van der Waals surface area contributed by atoms with Gasteiger partial charge in [0.25, 0.3) is 0 Å². The summed E-state index contributed by atoms with van der Waals surface area (Å²) in [4.78, 5) is 14.2. The SMILES string of the molecule is Cc1c(Cl)cccc1NC(=O)NC1CCN(C)CC1. The molecule has 5 heteroatoms. The summed E-state index contributed by atoms with van der Waals surface area (Å²) in [7, 11) is 2.10. The smallest absolute Gasteiger partial charge is 0.319 e. The zero-order valence-electron chi connectivity index (χ0n) is 11.4. The van der Waals surface area contributed by atoms with Gasteiger partial charge in [-0.2, -0.15) is 0 Å². The van der Waals surface area contributed by atoms with E-state index in [1.54, 1.807) is 0 Å². The van der Waals surface area contributed by atoms with E-state index in [4.69, 9.17) is 11.6 Å². The number of piperidine rings is 1. The molecule has 0 radical (unpaired) electrons. The van der Waals surface area contributed by atoms with E-state index in [1.165, 1.54) is 0 Å². The highest BCUT2D eigenvalue weighted by Gasteiger charge is 2.18. The van der Waals surface area contributed by atoms with Crippen LogP contribution >= 0.6 is 11.6 Å². The normalized spacial score (nSPS) is 17.2. The molecular formula is C14H20ClN3O. The second kappa shape index (κ2) is 6.26. The number of nitrogens with zero attached hydrogens (tertiary/aromatic N) is 1. The first kappa shape index (κ1) is 14.2. The van der Waals surface area contributed by atoms with Gasteiger partial charge in [0.2, 0.25) is 0 Å². The fraction of sp³-hybridized carbons (Fsp3) is 0.500. The summed E-state index contributed by atoms with van der Waals surface area (Å²) in [6, 6.07) is 5.61. The van der Waals surface area contributed by atoms with Gasteiger partial charge >= 0.3 is 6.03 Å². The Hall–Kier alpha value is -1.26. The molecule has 2 rings (SSSR count). The van der Waals surface area contributed by atoms with Gasteiger partial charge < -0.3 is 15.5 Å². The molecule has 1 saturated heterocycles. The van der Waals surface area contributed by atoms with Crippen LogP contribution in [0.25, 0.3) is 0 Å². The van der Waals surface area contributed by atoms with Gasteiger partial charge in [-0.1, -0.05) is 17.7 Å². The molecule has 1 aromatic rings. The van der Waals surface area contributed by atoms with Gasteiger partial charge in [-0.25, -0.2) is 4.79 Å². The average Bonchev–Trinajstić information content (AvgIpc) is 2.38. The third-order valence-corrected chi connectivity index (χ3v) is 3.98. The summed E-state index contributed by atoms with van der Waals surface area (Å²) < 4.78 is 0. The number of hydrogen-bond donors (Lipinski definition) is 2. The molecular weight excluding hydrogens is 262 g/mol. The molecule has 1 aromatic carbocycles. The minimum atomic E-state index is -0.153. The fourth-order valence-electron chi connectivity index (χ4n) is 2.24. The van der Waals surface area contributed by atoms with E-state index in [1.807, 2.05) is 25.1 Å². The van der Waals surface area contributed by atoms with Gasteiger partial charge in [-0.05, 0) is 57.6 Å². The maximum Gasteiger partial charge on any atom is 0.319 e. The lowest BCUT2D eigenvalue weighted by Gasteiger charge is -2.29. The highest BCUT2D eigenvalue weighted by Crippen LogP contribution is 2.22. The van der Waals surface area contributed by atoms with Gasteiger partial charge in [-0.3, -0.25) is 0 Å². The standard InChI is InChI=1S/C14H20ClN3O/c1-10-12(15)4-3-5-13(10)17-14(19)16-11-6-8-18(2)9-7-11/h3-5,11H,6-9H2,1-2H3,(H2,16,17,19). The summed E-state index contributed by atoms with van der Waals surface area (Å²) in [5.41, 5.74) is 1.65. The van der Waals surface area contributed by atoms with Crippen molar-refractivity contribution in [2.75, 3.05) is 25.5 Å². The maximum atomic E-state index is 11.9. The van der Waals surface area contributed by atoms with E-state index in [0.717, 1.165) is 37.2 Å². The Bertz CT molecular complexity index is 456. The van der Waals surface area contributed by atoms with Crippen LogP contribution in [0.1, 0.15) is 18.4 Å². The monoisotopic (exact) mass is 281 g/mol. The first-order chi connectivity index (χ1) is 9.06. The van der Waals surface area contributed by atoms with Crippen LogP contribution in [0.15, 0.2) is 18.2 Å². The van der Waals surface area contributed by atoms with Crippen molar-refractivity contribution in [3.63, 3.8) is 0 Å². The molecule has 0 atom stereocenters. The topological polar surface area (TPSA) is 44.4 Å². The summed E-state index contributed by atoms with van der Waals surface area (Å²) in [6.45, 7) is 3.95. The molecule has 4 nitrogen and oxygen atoms in total. The number of nitrogens with one attached hydrogen (secondary N) is 2. The van der Waals surface area contributed by atoms with Crippen LogP contribution in [0.2, 0.25) is 5.02 Å². The van der Waals surface area contributed by atoms with E-state index in [9.17, 15) is 4.79 Å². The van der Waals surface area contributed by atoms with E-state index in [0.29, 0.717) is 5.02 Å². The van der Waals surface area contributed by atoms with Gasteiger partial charge in [0.15, 0.2) is 0 Å².